The number of nitrogens with zero attached hydrogens (tertiary/aromatic N) is 2. The summed E-state index contributed by atoms with van der Waals surface area (Å²) in [4.78, 5) is 8.35. The summed E-state index contributed by atoms with van der Waals surface area (Å²) in [5.74, 6) is 2.10. The Morgan fingerprint density at radius 1 is 1.04 bits per heavy atom. The minimum atomic E-state index is 0.169. The summed E-state index contributed by atoms with van der Waals surface area (Å²) in [5.41, 5.74) is 12.5. The van der Waals surface area contributed by atoms with Crippen molar-refractivity contribution in [2.45, 2.75) is 44.9 Å². The topological polar surface area (TPSA) is 106 Å². The molecular formula is C21H32N4O3. The summed E-state index contributed by atoms with van der Waals surface area (Å²) >= 11 is 0. The molecule has 7 nitrogen and oxygen atoms in total. The Kier molecular flexibility index (Phi) is 7.68. The fourth-order valence-electron chi connectivity index (χ4n) is 4.08. The van der Waals surface area contributed by atoms with Crippen LogP contribution in [-0.2, 0) is 9.47 Å². The zero-order valence-electron chi connectivity index (χ0n) is 16.7. The van der Waals surface area contributed by atoms with Crippen molar-refractivity contribution >= 4 is 22.7 Å². The Hall–Kier alpha value is -2.12. The fourth-order valence-corrected chi connectivity index (χ4v) is 4.08. The lowest BCUT2D eigenvalue weighted by Gasteiger charge is -2.29. The molecule has 0 aliphatic heterocycles. The molecule has 28 heavy (non-hydrogen) atoms. The highest BCUT2D eigenvalue weighted by Crippen LogP contribution is 2.32. The third-order valence-electron chi connectivity index (χ3n) is 5.53. The molecule has 7 heteroatoms. The number of aromatic nitrogens is 2. The molecule has 1 heterocycles. The van der Waals surface area contributed by atoms with Crippen LogP contribution < -0.4 is 16.2 Å². The zero-order valence-corrected chi connectivity index (χ0v) is 16.7. The molecule has 1 aliphatic rings. The monoisotopic (exact) mass is 388 g/mol. The molecule has 4 N–H and O–H groups in total. The van der Waals surface area contributed by atoms with Crippen LogP contribution >= 0.6 is 0 Å². The molecule has 1 fully saturated rings. The zero-order chi connectivity index (χ0) is 19.8. The van der Waals surface area contributed by atoms with Crippen LogP contribution in [-0.4, -0.2) is 37.1 Å². The van der Waals surface area contributed by atoms with E-state index in [1.54, 1.807) is 7.11 Å². The van der Waals surface area contributed by atoms with Gasteiger partial charge in [0.05, 0.1) is 24.1 Å². The van der Waals surface area contributed by atoms with Gasteiger partial charge in [-0.3, -0.25) is 0 Å². The molecule has 3 rings (SSSR count). The maximum absolute atomic E-state index is 6.24. The lowest BCUT2D eigenvalue weighted by molar-refractivity contribution is -0.0573. The summed E-state index contributed by atoms with van der Waals surface area (Å²) < 4.78 is 17.0. The smallest absolute Gasteiger partial charge is 0.222 e. The van der Waals surface area contributed by atoms with Gasteiger partial charge in [-0.05, 0) is 30.9 Å². The molecule has 0 amide bonds. The van der Waals surface area contributed by atoms with Crippen LogP contribution in [0, 0.1) is 11.8 Å². The molecule has 0 radical (unpaired) electrons. The Morgan fingerprint density at radius 3 is 2.54 bits per heavy atom. The molecule has 1 aromatic carbocycles. The van der Waals surface area contributed by atoms with Gasteiger partial charge < -0.3 is 25.7 Å². The molecule has 1 aliphatic carbocycles. The van der Waals surface area contributed by atoms with Crippen molar-refractivity contribution in [1.29, 1.82) is 0 Å². The number of anilines is 2. The van der Waals surface area contributed by atoms with Gasteiger partial charge in [-0.2, -0.15) is 4.98 Å². The number of ether oxygens (including phenoxy) is 3. The highest BCUT2D eigenvalue weighted by atomic mass is 16.7. The van der Waals surface area contributed by atoms with E-state index >= 15 is 0 Å². The lowest BCUT2D eigenvalue weighted by Crippen LogP contribution is -2.28. The van der Waals surface area contributed by atoms with Crippen LogP contribution in [0.1, 0.15) is 44.9 Å². The van der Waals surface area contributed by atoms with Gasteiger partial charge >= 0.3 is 0 Å². The highest BCUT2D eigenvalue weighted by Gasteiger charge is 2.24. The van der Waals surface area contributed by atoms with Gasteiger partial charge in [-0.15, -0.1) is 0 Å². The van der Waals surface area contributed by atoms with Crippen molar-refractivity contribution in [2.75, 3.05) is 38.6 Å². The average molecular weight is 389 g/mol. The first-order valence-corrected chi connectivity index (χ1v) is 10.2. The highest BCUT2D eigenvalue weighted by molar-refractivity contribution is 5.94. The SMILES string of the molecule is COCOCC(COc1cccc2nc(N)nc(N)c12)C1CCCCCCC1. The van der Waals surface area contributed by atoms with Crippen molar-refractivity contribution in [3.05, 3.63) is 18.2 Å². The maximum atomic E-state index is 6.24. The first-order chi connectivity index (χ1) is 13.7. The second-order valence-electron chi connectivity index (χ2n) is 7.57. The third-order valence-corrected chi connectivity index (χ3v) is 5.53. The number of benzene rings is 1. The maximum Gasteiger partial charge on any atom is 0.222 e. The second kappa shape index (κ2) is 10.4. The number of rotatable bonds is 8. The van der Waals surface area contributed by atoms with Gasteiger partial charge in [-0.1, -0.05) is 38.2 Å². The van der Waals surface area contributed by atoms with E-state index in [0.717, 1.165) is 0 Å². The van der Waals surface area contributed by atoms with Crippen molar-refractivity contribution in [1.82, 2.24) is 9.97 Å². The van der Waals surface area contributed by atoms with Crippen LogP contribution in [0.5, 0.6) is 5.75 Å². The van der Waals surface area contributed by atoms with E-state index in [4.69, 9.17) is 25.7 Å². The predicted octanol–water partition coefficient (Wildman–Crippen LogP) is 3.77. The number of fused-ring (bicyclic) bond motifs is 1. The van der Waals surface area contributed by atoms with Crippen LogP contribution in [0.3, 0.4) is 0 Å². The van der Waals surface area contributed by atoms with Crippen LogP contribution in [0.4, 0.5) is 11.8 Å². The molecule has 154 valence electrons. The van der Waals surface area contributed by atoms with Gasteiger partial charge in [0.1, 0.15) is 18.4 Å². The Bertz CT molecular complexity index is 748. The van der Waals surface area contributed by atoms with E-state index in [-0.39, 0.29) is 5.95 Å². The van der Waals surface area contributed by atoms with E-state index in [1.807, 2.05) is 18.2 Å². The van der Waals surface area contributed by atoms with E-state index in [0.29, 0.717) is 54.3 Å². The standard InChI is InChI=1S/C21H32N4O3/c1-26-14-27-12-16(15-8-5-3-2-4-6-9-15)13-28-18-11-7-10-17-19(18)20(22)25-21(23)24-17/h7,10-11,15-16H,2-6,8-9,12-14H2,1H3,(H4,22,23,24,25). The lowest BCUT2D eigenvalue weighted by atomic mass is 9.82. The van der Waals surface area contributed by atoms with Crippen molar-refractivity contribution in [3.63, 3.8) is 0 Å². The molecular weight excluding hydrogens is 356 g/mol. The van der Waals surface area contributed by atoms with Crippen LogP contribution in [0.2, 0.25) is 0 Å². The van der Waals surface area contributed by atoms with Gasteiger partial charge in [0, 0.05) is 13.0 Å². The largest absolute Gasteiger partial charge is 0.492 e. The number of nitrogens with two attached hydrogens (primary N) is 2. The number of hydrogen-bond donors (Lipinski definition) is 2. The predicted molar refractivity (Wildman–Crippen MR) is 111 cm³/mol. The minimum Gasteiger partial charge on any atom is -0.492 e. The van der Waals surface area contributed by atoms with Gasteiger partial charge in [-0.25, -0.2) is 4.98 Å². The molecule has 1 atom stereocenters. The summed E-state index contributed by atoms with van der Waals surface area (Å²) in [6.45, 7) is 1.50. The van der Waals surface area contributed by atoms with E-state index < -0.39 is 0 Å². The Morgan fingerprint density at radius 2 is 1.79 bits per heavy atom. The molecule has 0 spiro atoms. The van der Waals surface area contributed by atoms with E-state index in [9.17, 15) is 0 Å². The molecule has 1 aromatic heterocycles. The number of hydrogen-bond acceptors (Lipinski definition) is 7. The minimum absolute atomic E-state index is 0.169. The molecule has 1 unspecified atom stereocenters. The Balaban J connectivity index is 1.74. The van der Waals surface area contributed by atoms with Crippen molar-refractivity contribution in [3.8, 4) is 5.75 Å². The first kappa shape index (κ1) is 20.6. The Labute approximate surface area is 166 Å². The molecule has 1 saturated carbocycles. The van der Waals surface area contributed by atoms with Crippen LogP contribution in [0.15, 0.2) is 18.2 Å². The second-order valence-corrected chi connectivity index (χ2v) is 7.57. The van der Waals surface area contributed by atoms with Gasteiger partial charge in [0.15, 0.2) is 0 Å². The summed E-state index contributed by atoms with van der Waals surface area (Å²) in [6.07, 6.45) is 9.00. The third kappa shape index (κ3) is 5.45. The quantitative estimate of drug-likeness (QED) is 0.524. The van der Waals surface area contributed by atoms with Gasteiger partial charge in [0.25, 0.3) is 0 Å². The number of methoxy groups -OCH3 is 1. The number of nitrogen functional groups attached to an aromatic ring is 2. The summed E-state index contributed by atoms with van der Waals surface area (Å²) in [7, 11) is 1.64. The molecule has 0 saturated heterocycles. The fraction of sp³-hybridized carbons (Fsp3) is 0.619. The molecule has 0 bridgehead atoms. The summed E-state index contributed by atoms with van der Waals surface area (Å²) in [5, 5.41) is 0.714. The van der Waals surface area contributed by atoms with Crippen molar-refractivity contribution in [2.24, 2.45) is 11.8 Å². The molecule has 2 aromatic rings. The van der Waals surface area contributed by atoms with Gasteiger partial charge in [0.2, 0.25) is 5.95 Å². The van der Waals surface area contributed by atoms with Crippen LogP contribution in [0.25, 0.3) is 10.9 Å². The van der Waals surface area contributed by atoms with E-state index in [1.165, 1.54) is 44.9 Å². The summed E-state index contributed by atoms with van der Waals surface area (Å²) in [6, 6.07) is 5.67. The van der Waals surface area contributed by atoms with Crippen molar-refractivity contribution < 1.29 is 14.2 Å². The average Bonchev–Trinajstić information content (AvgIpc) is 2.64. The van der Waals surface area contributed by atoms with E-state index in [2.05, 4.69) is 9.97 Å². The first-order valence-electron chi connectivity index (χ1n) is 10.2. The normalized spacial score (nSPS) is 17.2.